The maximum atomic E-state index is 11.9. The number of carbonyl (C=O) groups is 3. The first-order valence-corrected chi connectivity index (χ1v) is 5.76. The predicted molar refractivity (Wildman–Crippen MR) is 71.6 cm³/mol. The van der Waals surface area contributed by atoms with Crippen LogP contribution in [0.1, 0.15) is 15.9 Å². The van der Waals surface area contributed by atoms with Crippen molar-refractivity contribution in [1.82, 2.24) is 16.1 Å². The highest BCUT2D eigenvalue weighted by Crippen LogP contribution is 2.03. The van der Waals surface area contributed by atoms with Gasteiger partial charge in [-0.2, -0.15) is 0 Å². The largest absolute Gasteiger partial charge is 0.465 e. The Morgan fingerprint density at radius 2 is 1.86 bits per heavy atom. The van der Waals surface area contributed by atoms with Crippen LogP contribution in [0.25, 0.3) is 0 Å². The van der Waals surface area contributed by atoms with Gasteiger partial charge in [0.15, 0.2) is 0 Å². The fraction of sp³-hybridized carbons (Fsp3) is 0.154. The second-order valence-corrected chi connectivity index (χ2v) is 3.91. The van der Waals surface area contributed by atoms with E-state index in [-0.39, 0.29) is 5.56 Å². The quantitative estimate of drug-likeness (QED) is 0.285. The fourth-order valence-corrected chi connectivity index (χ4v) is 1.44. The molecule has 0 aliphatic carbocycles. The molecule has 0 aromatic heterocycles. The van der Waals surface area contributed by atoms with E-state index in [2.05, 4.69) is 11.2 Å². The molecule has 1 atom stereocenters. The molecule has 0 bridgehead atoms. The maximum Gasteiger partial charge on any atom is 0.404 e. The van der Waals surface area contributed by atoms with Gasteiger partial charge in [-0.15, -0.1) is 6.42 Å². The van der Waals surface area contributed by atoms with Gasteiger partial charge >= 0.3 is 6.09 Å². The summed E-state index contributed by atoms with van der Waals surface area (Å²) in [5.74, 6) is 0.831. The molecule has 0 fully saturated rings. The van der Waals surface area contributed by atoms with Crippen LogP contribution in [0.5, 0.6) is 0 Å². The smallest absolute Gasteiger partial charge is 0.404 e. The lowest BCUT2D eigenvalue weighted by Gasteiger charge is -2.16. The van der Waals surface area contributed by atoms with E-state index in [9.17, 15) is 14.4 Å². The normalized spacial score (nSPS) is 10.9. The Kier molecular flexibility index (Phi) is 5.73. The average molecular weight is 291 g/mol. The molecule has 1 aromatic rings. The Morgan fingerprint density at radius 3 is 2.33 bits per heavy atom. The molecule has 0 heterocycles. The van der Waals surface area contributed by atoms with Crippen molar-refractivity contribution in [3.05, 3.63) is 35.4 Å². The summed E-state index contributed by atoms with van der Waals surface area (Å²) in [7, 11) is 0. The zero-order chi connectivity index (χ0) is 15.8. The number of hydrogen-bond donors (Lipinski definition) is 5. The second-order valence-electron chi connectivity index (χ2n) is 3.91. The van der Waals surface area contributed by atoms with Crippen LogP contribution in [0, 0.1) is 12.3 Å². The first kappa shape index (κ1) is 16.0. The van der Waals surface area contributed by atoms with Crippen LogP contribution < -0.4 is 16.1 Å². The Balaban J connectivity index is 2.76. The van der Waals surface area contributed by atoms with Crippen LogP contribution in [0.3, 0.4) is 0 Å². The van der Waals surface area contributed by atoms with E-state index in [4.69, 9.17) is 16.7 Å². The number of hydrogen-bond acceptors (Lipinski definition) is 4. The third kappa shape index (κ3) is 4.85. The number of nitrogens with one attached hydrogen (secondary N) is 3. The van der Waals surface area contributed by atoms with Gasteiger partial charge in [0.25, 0.3) is 11.8 Å². The maximum absolute atomic E-state index is 11.9. The zero-order valence-corrected chi connectivity index (χ0v) is 10.8. The molecule has 110 valence electrons. The summed E-state index contributed by atoms with van der Waals surface area (Å²) in [6, 6.07) is 4.76. The van der Waals surface area contributed by atoms with Crippen LogP contribution >= 0.6 is 0 Å². The highest BCUT2D eigenvalue weighted by Gasteiger charge is 2.21. The van der Waals surface area contributed by atoms with E-state index in [0.717, 1.165) is 0 Å². The van der Waals surface area contributed by atoms with Crippen LogP contribution in [0.2, 0.25) is 0 Å². The number of carbonyl (C=O) groups excluding carboxylic acids is 2. The van der Waals surface area contributed by atoms with E-state index < -0.39 is 30.5 Å². The van der Waals surface area contributed by atoms with E-state index >= 15 is 0 Å². The molecule has 8 heteroatoms. The number of rotatable bonds is 5. The van der Waals surface area contributed by atoms with Gasteiger partial charge < -0.3 is 15.7 Å². The lowest BCUT2D eigenvalue weighted by molar-refractivity contribution is -0.131. The summed E-state index contributed by atoms with van der Waals surface area (Å²) in [6.07, 6.45) is 3.82. The van der Waals surface area contributed by atoms with Crippen LogP contribution in [-0.2, 0) is 4.79 Å². The first-order valence-electron chi connectivity index (χ1n) is 5.76. The number of benzene rings is 1. The minimum absolute atomic E-state index is 0.236. The molecule has 0 aliphatic rings. The molecule has 0 spiro atoms. The van der Waals surface area contributed by atoms with Gasteiger partial charge in [0.05, 0.1) is 6.54 Å². The van der Waals surface area contributed by atoms with Gasteiger partial charge in [0.1, 0.15) is 6.04 Å². The number of terminal acetylenes is 1. The molecule has 0 saturated heterocycles. The molecule has 21 heavy (non-hydrogen) atoms. The zero-order valence-electron chi connectivity index (χ0n) is 10.8. The van der Waals surface area contributed by atoms with E-state index in [1.165, 1.54) is 17.6 Å². The highest BCUT2D eigenvalue weighted by atomic mass is 16.5. The monoisotopic (exact) mass is 291 g/mol. The van der Waals surface area contributed by atoms with Crippen LogP contribution in [0.4, 0.5) is 4.79 Å². The summed E-state index contributed by atoms with van der Waals surface area (Å²) in [5.41, 5.74) is 2.17. The minimum atomic E-state index is -1.36. The van der Waals surface area contributed by atoms with Crippen LogP contribution in [-0.4, -0.2) is 40.8 Å². The lowest BCUT2D eigenvalue weighted by Crippen LogP contribution is -2.51. The highest BCUT2D eigenvalue weighted by molar-refractivity contribution is 5.97. The van der Waals surface area contributed by atoms with Crippen molar-refractivity contribution in [1.29, 1.82) is 0 Å². The SMILES string of the molecule is C#Cc1ccc(C(=O)N[C@@H](CNC(=O)O)C(=O)NO)cc1. The number of hydroxylamine groups is 1. The molecule has 3 amide bonds. The Morgan fingerprint density at radius 1 is 1.24 bits per heavy atom. The van der Waals surface area contributed by atoms with Crippen LogP contribution in [0.15, 0.2) is 24.3 Å². The molecule has 0 saturated carbocycles. The lowest BCUT2D eigenvalue weighted by atomic mass is 10.1. The van der Waals surface area contributed by atoms with Gasteiger partial charge in [-0.1, -0.05) is 5.92 Å². The summed E-state index contributed by atoms with van der Waals surface area (Å²) in [6.45, 7) is -0.393. The topological polar surface area (TPSA) is 128 Å². The first-order chi connectivity index (χ1) is 9.97. The molecular formula is C13H13N3O5. The third-order valence-electron chi connectivity index (χ3n) is 2.50. The van der Waals surface area contributed by atoms with Gasteiger partial charge in [-0.3, -0.25) is 14.8 Å². The van der Waals surface area contributed by atoms with E-state index in [1.54, 1.807) is 12.1 Å². The molecule has 8 nitrogen and oxygen atoms in total. The van der Waals surface area contributed by atoms with Crippen molar-refractivity contribution in [2.45, 2.75) is 6.04 Å². The molecule has 0 aliphatic heterocycles. The predicted octanol–water partition coefficient (Wildman–Crippen LogP) is -0.461. The Bertz CT molecular complexity index is 576. The van der Waals surface area contributed by atoms with Gasteiger partial charge in [0, 0.05) is 11.1 Å². The Labute approximate surface area is 120 Å². The Hall–Kier alpha value is -3.05. The van der Waals surface area contributed by atoms with Crippen molar-refractivity contribution >= 4 is 17.9 Å². The van der Waals surface area contributed by atoms with E-state index in [0.29, 0.717) is 5.56 Å². The van der Waals surface area contributed by atoms with Crippen molar-refractivity contribution in [2.24, 2.45) is 0 Å². The minimum Gasteiger partial charge on any atom is -0.465 e. The van der Waals surface area contributed by atoms with Crippen molar-refractivity contribution in [2.75, 3.05) is 6.54 Å². The molecule has 1 aromatic carbocycles. The molecule has 5 N–H and O–H groups in total. The van der Waals surface area contributed by atoms with Gasteiger partial charge in [-0.25, -0.2) is 10.3 Å². The molecule has 0 unspecified atom stereocenters. The van der Waals surface area contributed by atoms with E-state index in [1.807, 2.05) is 5.32 Å². The van der Waals surface area contributed by atoms with Gasteiger partial charge in [-0.05, 0) is 24.3 Å². The van der Waals surface area contributed by atoms with Crippen molar-refractivity contribution < 1.29 is 24.7 Å². The molecule has 0 radical (unpaired) electrons. The number of carboxylic acid groups (broad SMARTS) is 1. The second kappa shape index (κ2) is 7.52. The fourth-order valence-electron chi connectivity index (χ4n) is 1.44. The summed E-state index contributed by atoms with van der Waals surface area (Å²) >= 11 is 0. The van der Waals surface area contributed by atoms with Crippen molar-refractivity contribution in [3.8, 4) is 12.3 Å². The number of amides is 3. The average Bonchev–Trinajstić information content (AvgIpc) is 2.50. The standard InChI is InChI=1S/C13H13N3O5/c1-2-8-3-5-9(6-4-8)11(17)15-10(12(18)16-21)7-14-13(19)20/h1,3-6,10,14,21H,7H2,(H,15,17)(H,16,18)(H,19,20)/t10-/m0/s1. The molecular weight excluding hydrogens is 278 g/mol. The summed E-state index contributed by atoms with van der Waals surface area (Å²) < 4.78 is 0. The van der Waals surface area contributed by atoms with Crippen molar-refractivity contribution in [3.63, 3.8) is 0 Å². The molecule has 1 rings (SSSR count). The van der Waals surface area contributed by atoms with Gasteiger partial charge in [0.2, 0.25) is 0 Å². The summed E-state index contributed by atoms with van der Waals surface area (Å²) in [4.78, 5) is 33.7. The summed E-state index contributed by atoms with van der Waals surface area (Å²) in [5, 5.41) is 21.3. The third-order valence-corrected chi connectivity index (χ3v) is 2.50.